The summed E-state index contributed by atoms with van der Waals surface area (Å²) in [7, 11) is 0. The zero-order valence-corrected chi connectivity index (χ0v) is 17.0. The summed E-state index contributed by atoms with van der Waals surface area (Å²) in [6.07, 6.45) is 1.73. The molecule has 0 spiro atoms. The van der Waals surface area contributed by atoms with Crippen molar-refractivity contribution in [2.75, 3.05) is 67.8 Å². The lowest BCUT2D eigenvalue weighted by Gasteiger charge is -2.30. The topological polar surface area (TPSA) is 88.0 Å². The van der Waals surface area contributed by atoms with Gasteiger partial charge in [-0.3, -0.25) is 0 Å². The zero-order chi connectivity index (χ0) is 19.2. The number of hydrazone groups is 1. The minimum Gasteiger partial charge on any atom is -0.378 e. The lowest BCUT2D eigenvalue weighted by Crippen LogP contribution is -2.40. The summed E-state index contributed by atoms with van der Waals surface area (Å²) in [4.78, 5) is 18.0. The van der Waals surface area contributed by atoms with E-state index in [-0.39, 0.29) is 0 Å². The molecule has 4 rings (SSSR count). The van der Waals surface area contributed by atoms with Gasteiger partial charge in [-0.25, -0.2) is 5.43 Å². The second kappa shape index (κ2) is 9.26. The third-order valence-corrected chi connectivity index (χ3v) is 5.20. The zero-order valence-electron chi connectivity index (χ0n) is 15.4. The molecule has 0 atom stereocenters. The van der Waals surface area contributed by atoms with Crippen LogP contribution >= 0.6 is 15.9 Å². The Balaban J connectivity index is 1.56. The van der Waals surface area contributed by atoms with Crippen LogP contribution in [-0.2, 0) is 9.47 Å². The standard InChI is InChI=1S/C18H22BrN7O2/c19-15-4-2-1-3-14(15)13-20-24-16-21-17(25-5-9-27-10-6-25)23-18(22-16)26-7-11-28-12-8-26/h1-4,13H,5-12H2,(H,21,22,23,24)/b20-13-. The van der Waals surface area contributed by atoms with Gasteiger partial charge in [0.05, 0.1) is 32.6 Å². The van der Waals surface area contributed by atoms with Crippen molar-refractivity contribution in [3.8, 4) is 0 Å². The van der Waals surface area contributed by atoms with Gasteiger partial charge in [0.2, 0.25) is 17.8 Å². The average molecular weight is 448 g/mol. The fourth-order valence-corrected chi connectivity index (χ4v) is 3.34. The molecule has 1 aromatic heterocycles. The summed E-state index contributed by atoms with van der Waals surface area (Å²) in [5.74, 6) is 1.69. The van der Waals surface area contributed by atoms with Gasteiger partial charge in [-0.05, 0) is 6.07 Å². The second-order valence-electron chi connectivity index (χ2n) is 6.35. The molecule has 9 nitrogen and oxygen atoms in total. The molecule has 1 N–H and O–H groups in total. The van der Waals surface area contributed by atoms with Crippen LogP contribution < -0.4 is 15.2 Å². The first-order valence-corrected chi connectivity index (χ1v) is 10.0. The average Bonchev–Trinajstić information content (AvgIpc) is 2.76. The minimum absolute atomic E-state index is 0.418. The number of morpholine rings is 2. The van der Waals surface area contributed by atoms with E-state index >= 15 is 0 Å². The fraction of sp³-hybridized carbons (Fsp3) is 0.444. The van der Waals surface area contributed by atoms with Crippen LogP contribution in [0.5, 0.6) is 0 Å². The van der Waals surface area contributed by atoms with E-state index in [4.69, 9.17) is 9.47 Å². The number of aromatic nitrogens is 3. The van der Waals surface area contributed by atoms with Crippen LogP contribution in [0.15, 0.2) is 33.8 Å². The maximum absolute atomic E-state index is 5.44. The highest BCUT2D eigenvalue weighted by atomic mass is 79.9. The number of benzene rings is 1. The molecule has 0 amide bonds. The van der Waals surface area contributed by atoms with Crippen molar-refractivity contribution in [2.45, 2.75) is 0 Å². The van der Waals surface area contributed by atoms with Crippen molar-refractivity contribution in [3.63, 3.8) is 0 Å². The molecule has 2 saturated heterocycles. The summed E-state index contributed by atoms with van der Waals surface area (Å²) in [5, 5.41) is 4.30. The number of ether oxygens (including phenoxy) is 2. The number of rotatable bonds is 5. The summed E-state index contributed by atoms with van der Waals surface area (Å²) in [5.41, 5.74) is 3.91. The van der Waals surface area contributed by atoms with Crippen LogP contribution in [0, 0.1) is 0 Å². The van der Waals surface area contributed by atoms with Crippen LogP contribution in [0.1, 0.15) is 5.56 Å². The van der Waals surface area contributed by atoms with E-state index in [0.717, 1.165) is 36.2 Å². The quantitative estimate of drug-likeness (QED) is 0.547. The van der Waals surface area contributed by atoms with E-state index in [1.807, 2.05) is 24.3 Å². The Morgan fingerprint density at radius 1 is 0.893 bits per heavy atom. The van der Waals surface area contributed by atoms with Gasteiger partial charge in [0.15, 0.2) is 0 Å². The van der Waals surface area contributed by atoms with Gasteiger partial charge in [-0.15, -0.1) is 0 Å². The van der Waals surface area contributed by atoms with Gasteiger partial charge < -0.3 is 19.3 Å². The highest BCUT2D eigenvalue weighted by molar-refractivity contribution is 9.10. The first-order valence-electron chi connectivity index (χ1n) is 9.25. The molecule has 0 saturated carbocycles. The van der Waals surface area contributed by atoms with Gasteiger partial charge in [-0.2, -0.15) is 20.1 Å². The monoisotopic (exact) mass is 447 g/mol. The SMILES string of the molecule is Brc1ccccc1/C=N\Nc1nc(N2CCOCC2)nc(N2CCOCC2)n1. The fourth-order valence-electron chi connectivity index (χ4n) is 2.95. The summed E-state index contributed by atoms with van der Waals surface area (Å²) >= 11 is 3.51. The summed E-state index contributed by atoms with van der Waals surface area (Å²) in [6, 6.07) is 7.87. The molecular weight excluding hydrogens is 426 g/mol. The molecule has 2 aliphatic heterocycles. The molecule has 2 aliphatic rings. The van der Waals surface area contributed by atoms with Crippen LogP contribution in [0.3, 0.4) is 0 Å². The number of hydrogen-bond acceptors (Lipinski definition) is 9. The van der Waals surface area contributed by atoms with E-state index in [1.54, 1.807) is 6.21 Å². The Morgan fingerprint density at radius 3 is 2.04 bits per heavy atom. The molecule has 0 radical (unpaired) electrons. The predicted octanol–water partition coefficient (Wildman–Crippen LogP) is 1.75. The van der Waals surface area contributed by atoms with Crippen LogP contribution in [0.25, 0.3) is 0 Å². The Labute approximate surface area is 171 Å². The third kappa shape index (κ3) is 4.75. The summed E-state index contributed by atoms with van der Waals surface area (Å²) in [6.45, 7) is 5.70. The van der Waals surface area contributed by atoms with E-state index < -0.39 is 0 Å². The first kappa shape index (κ1) is 19.0. The lowest BCUT2D eigenvalue weighted by molar-refractivity contribution is 0.121. The molecule has 0 aliphatic carbocycles. The van der Waals surface area contributed by atoms with Crippen LogP contribution in [-0.4, -0.2) is 73.8 Å². The molecule has 1 aromatic carbocycles. The van der Waals surface area contributed by atoms with Gasteiger partial charge >= 0.3 is 0 Å². The van der Waals surface area contributed by atoms with Gasteiger partial charge in [0.1, 0.15) is 0 Å². The van der Waals surface area contributed by atoms with Crippen LogP contribution in [0.4, 0.5) is 17.8 Å². The highest BCUT2D eigenvalue weighted by Gasteiger charge is 2.20. The molecule has 0 unspecified atom stereocenters. The predicted molar refractivity (Wildman–Crippen MR) is 111 cm³/mol. The molecule has 2 fully saturated rings. The highest BCUT2D eigenvalue weighted by Crippen LogP contribution is 2.19. The van der Waals surface area contributed by atoms with E-state index in [1.165, 1.54) is 0 Å². The number of nitrogens with zero attached hydrogens (tertiary/aromatic N) is 6. The molecule has 0 bridgehead atoms. The van der Waals surface area contributed by atoms with Crippen molar-refractivity contribution in [1.29, 1.82) is 0 Å². The largest absolute Gasteiger partial charge is 0.378 e. The number of halogens is 1. The molecule has 3 heterocycles. The minimum atomic E-state index is 0.418. The maximum atomic E-state index is 5.44. The van der Waals surface area contributed by atoms with Gasteiger partial charge in [-0.1, -0.05) is 34.1 Å². The number of hydrogen-bond donors (Lipinski definition) is 1. The molecule has 10 heteroatoms. The van der Waals surface area contributed by atoms with Crippen molar-refractivity contribution >= 4 is 40.0 Å². The van der Waals surface area contributed by atoms with Gasteiger partial charge in [0, 0.05) is 36.2 Å². The Bertz CT molecular complexity index is 787. The molecule has 28 heavy (non-hydrogen) atoms. The molecular formula is C18H22BrN7O2. The van der Waals surface area contributed by atoms with Crippen molar-refractivity contribution in [1.82, 2.24) is 15.0 Å². The first-order chi connectivity index (χ1) is 13.8. The van der Waals surface area contributed by atoms with Crippen molar-refractivity contribution in [2.24, 2.45) is 5.10 Å². The van der Waals surface area contributed by atoms with E-state index in [9.17, 15) is 0 Å². The Morgan fingerprint density at radius 2 is 1.46 bits per heavy atom. The smallest absolute Gasteiger partial charge is 0.250 e. The number of nitrogens with one attached hydrogen (secondary N) is 1. The molecule has 2 aromatic rings. The normalized spacial score (nSPS) is 17.9. The molecule has 148 valence electrons. The Hall–Kier alpha value is -2.30. The van der Waals surface area contributed by atoms with Crippen molar-refractivity contribution < 1.29 is 9.47 Å². The van der Waals surface area contributed by atoms with Crippen LogP contribution in [0.2, 0.25) is 0 Å². The van der Waals surface area contributed by atoms with E-state index in [0.29, 0.717) is 44.3 Å². The Kier molecular flexibility index (Phi) is 6.30. The number of anilines is 3. The van der Waals surface area contributed by atoms with Crippen molar-refractivity contribution in [3.05, 3.63) is 34.3 Å². The van der Waals surface area contributed by atoms with Gasteiger partial charge in [0.25, 0.3) is 0 Å². The second-order valence-corrected chi connectivity index (χ2v) is 7.20. The van der Waals surface area contributed by atoms with E-state index in [2.05, 4.69) is 51.2 Å². The third-order valence-electron chi connectivity index (χ3n) is 4.47. The lowest BCUT2D eigenvalue weighted by atomic mass is 10.2. The summed E-state index contributed by atoms with van der Waals surface area (Å²) < 4.78 is 11.9. The maximum Gasteiger partial charge on any atom is 0.250 e.